The lowest BCUT2D eigenvalue weighted by Crippen LogP contribution is -2.34. The lowest BCUT2D eigenvalue weighted by atomic mass is 9.89. The Hall–Kier alpha value is -1.53. The normalized spacial score (nSPS) is 17.9. The first-order valence-electron chi connectivity index (χ1n) is 8.09. The molecule has 23 heavy (non-hydrogen) atoms. The summed E-state index contributed by atoms with van der Waals surface area (Å²) in [6.07, 6.45) is 0.674. The zero-order chi connectivity index (χ0) is 16.4. The quantitative estimate of drug-likeness (QED) is 0.900. The molecule has 0 aliphatic carbocycles. The van der Waals surface area contributed by atoms with Crippen molar-refractivity contribution in [3.05, 3.63) is 35.5 Å². The third-order valence-electron chi connectivity index (χ3n) is 4.75. The van der Waals surface area contributed by atoms with E-state index in [4.69, 9.17) is 5.73 Å². The summed E-state index contributed by atoms with van der Waals surface area (Å²) in [6.45, 7) is 3.80. The molecule has 1 aromatic carbocycles. The van der Waals surface area contributed by atoms with Gasteiger partial charge in [0.05, 0.1) is 5.56 Å². The van der Waals surface area contributed by atoms with Crippen LogP contribution in [-0.4, -0.2) is 36.1 Å². The molecule has 1 aromatic heterocycles. The van der Waals surface area contributed by atoms with Crippen molar-refractivity contribution in [2.24, 2.45) is 5.73 Å². The van der Waals surface area contributed by atoms with Gasteiger partial charge < -0.3 is 15.6 Å². The molecule has 0 radical (unpaired) electrons. The van der Waals surface area contributed by atoms with E-state index in [1.165, 1.54) is 12.1 Å². The van der Waals surface area contributed by atoms with Gasteiger partial charge in [-0.25, -0.2) is 0 Å². The van der Waals surface area contributed by atoms with Gasteiger partial charge in [-0.1, -0.05) is 6.07 Å². The van der Waals surface area contributed by atoms with Gasteiger partial charge >= 0.3 is 6.18 Å². The minimum absolute atomic E-state index is 0.412. The van der Waals surface area contributed by atoms with Gasteiger partial charge in [0.1, 0.15) is 0 Å². The summed E-state index contributed by atoms with van der Waals surface area (Å²) in [6, 6.07) is 3.98. The van der Waals surface area contributed by atoms with Crippen molar-refractivity contribution in [1.82, 2.24) is 9.88 Å². The Morgan fingerprint density at radius 1 is 1.22 bits per heavy atom. The monoisotopic (exact) mass is 325 g/mol. The molecule has 6 heteroatoms. The molecule has 1 saturated heterocycles. The fourth-order valence-electron chi connectivity index (χ4n) is 3.45. The summed E-state index contributed by atoms with van der Waals surface area (Å²) in [7, 11) is 0. The van der Waals surface area contributed by atoms with Gasteiger partial charge in [-0.05, 0) is 69.1 Å². The van der Waals surface area contributed by atoms with Crippen molar-refractivity contribution in [3.63, 3.8) is 0 Å². The Kier molecular flexibility index (Phi) is 4.64. The number of fused-ring (bicyclic) bond motifs is 1. The van der Waals surface area contributed by atoms with Gasteiger partial charge in [-0.3, -0.25) is 0 Å². The van der Waals surface area contributed by atoms with Crippen LogP contribution >= 0.6 is 0 Å². The highest BCUT2D eigenvalue weighted by molar-refractivity contribution is 5.84. The Morgan fingerprint density at radius 2 is 1.96 bits per heavy atom. The van der Waals surface area contributed by atoms with Gasteiger partial charge in [-0.15, -0.1) is 0 Å². The third-order valence-corrected chi connectivity index (χ3v) is 4.75. The lowest BCUT2D eigenvalue weighted by molar-refractivity contribution is -0.137. The molecular weight excluding hydrogens is 303 g/mol. The number of benzene rings is 1. The zero-order valence-corrected chi connectivity index (χ0v) is 13.0. The molecule has 0 atom stereocenters. The van der Waals surface area contributed by atoms with E-state index in [1.807, 2.05) is 6.20 Å². The second kappa shape index (κ2) is 6.53. The maximum Gasteiger partial charge on any atom is 0.416 e. The van der Waals surface area contributed by atoms with E-state index in [0.29, 0.717) is 18.0 Å². The SMILES string of the molecule is NCCCN1CCC(c2c[nH]c3cc(C(F)(F)F)ccc23)CC1. The van der Waals surface area contributed by atoms with Crippen LogP contribution in [0.25, 0.3) is 10.9 Å². The minimum atomic E-state index is -4.30. The van der Waals surface area contributed by atoms with E-state index >= 15 is 0 Å². The number of piperidine rings is 1. The molecule has 126 valence electrons. The minimum Gasteiger partial charge on any atom is -0.361 e. The summed E-state index contributed by atoms with van der Waals surface area (Å²) in [5, 5.41) is 0.915. The molecule has 3 N–H and O–H groups in total. The van der Waals surface area contributed by atoms with Gasteiger partial charge in [-0.2, -0.15) is 13.2 Å². The van der Waals surface area contributed by atoms with Gasteiger partial charge in [0, 0.05) is 17.1 Å². The Balaban J connectivity index is 1.74. The molecule has 2 aromatic rings. The number of rotatable bonds is 4. The van der Waals surface area contributed by atoms with Crippen molar-refractivity contribution >= 4 is 10.9 Å². The number of alkyl halides is 3. The number of H-pyrrole nitrogens is 1. The van der Waals surface area contributed by atoms with Crippen LogP contribution in [0.1, 0.15) is 36.3 Å². The third kappa shape index (κ3) is 3.53. The first-order chi connectivity index (χ1) is 11.0. The first-order valence-corrected chi connectivity index (χ1v) is 8.09. The molecule has 1 aliphatic rings. The summed E-state index contributed by atoms with van der Waals surface area (Å²) in [5.41, 5.74) is 6.66. The molecule has 0 saturated carbocycles. The molecule has 3 rings (SSSR count). The molecule has 1 aliphatic heterocycles. The highest BCUT2D eigenvalue weighted by Gasteiger charge is 2.31. The standard InChI is InChI=1S/C17H22F3N3/c18-17(19,20)13-2-3-14-15(11-22-16(14)10-13)12-4-8-23(9-5-12)7-1-6-21/h2-3,10-12,22H,1,4-9,21H2. The van der Waals surface area contributed by atoms with Crippen molar-refractivity contribution in [1.29, 1.82) is 0 Å². The average molecular weight is 325 g/mol. The van der Waals surface area contributed by atoms with Crippen molar-refractivity contribution in [3.8, 4) is 0 Å². The number of aromatic nitrogens is 1. The van der Waals surface area contributed by atoms with Crippen LogP contribution in [0.2, 0.25) is 0 Å². The average Bonchev–Trinajstić information content (AvgIpc) is 2.95. The van der Waals surface area contributed by atoms with Crippen molar-refractivity contribution in [2.45, 2.75) is 31.4 Å². The van der Waals surface area contributed by atoms with E-state index in [1.54, 1.807) is 6.07 Å². The van der Waals surface area contributed by atoms with Crippen LogP contribution in [0, 0.1) is 0 Å². The highest BCUT2D eigenvalue weighted by atomic mass is 19.4. The van der Waals surface area contributed by atoms with Crippen LogP contribution in [0.15, 0.2) is 24.4 Å². The largest absolute Gasteiger partial charge is 0.416 e. The van der Waals surface area contributed by atoms with Gasteiger partial charge in [0.25, 0.3) is 0 Å². The summed E-state index contributed by atoms with van der Waals surface area (Å²) < 4.78 is 38.4. The van der Waals surface area contributed by atoms with Crippen LogP contribution in [-0.2, 0) is 6.18 Å². The van der Waals surface area contributed by atoms with E-state index in [9.17, 15) is 13.2 Å². The topological polar surface area (TPSA) is 45.0 Å². The number of aromatic amines is 1. The van der Waals surface area contributed by atoms with Crippen molar-refractivity contribution < 1.29 is 13.2 Å². The number of hydrogen-bond acceptors (Lipinski definition) is 2. The Morgan fingerprint density at radius 3 is 2.61 bits per heavy atom. The molecule has 0 amide bonds. The van der Waals surface area contributed by atoms with Gasteiger partial charge in [0.15, 0.2) is 0 Å². The second-order valence-electron chi connectivity index (χ2n) is 6.26. The molecule has 3 nitrogen and oxygen atoms in total. The predicted octanol–water partition coefficient (Wildman–Crippen LogP) is 3.71. The number of nitrogens with one attached hydrogen (secondary N) is 1. The molecule has 2 heterocycles. The Bertz CT molecular complexity index is 655. The smallest absolute Gasteiger partial charge is 0.361 e. The molecule has 0 spiro atoms. The Labute approximate surface area is 133 Å². The molecule has 0 bridgehead atoms. The first kappa shape index (κ1) is 16.3. The zero-order valence-electron chi connectivity index (χ0n) is 13.0. The van der Waals surface area contributed by atoms with E-state index in [-0.39, 0.29) is 0 Å². The summed E-state index contributed by atoms with van der Waals surface area (Å²) in [5.74, 6) is 0.412. The number of halogens is 3. The number of nitrogens with two attached hydrogens (primary N) is 1. The summed E-state index contributed by atoms with van der Waals surface area (Å²) >= 11 is 0. The number of hydrogen-bond donors (Lipinski definition) is 2. The number of nitrogens with zero attached hydrogens (tertiary/aromatic N) is 1. The van der Waals surface area contributed by atoms with Crippen molar-refractivity contribution in [2.75, 3.05) is 26.2 Å². The van der Waals surface area contributed by atoms with Gasteiger partial charge in [0.2, 0.25) is 0 Å². The van der Waals surface area contributed by atoms with Crippen LogP contribution in [0.3, 0.4) is 0 Å². The fourth-order valence-corrected chi connectivity index (χ4v) is 3.45. The summed E-state index contributed by atoms with van der Waals surface area (Å²) in [4.78, 5) is 5.43. The predicted molar refractivity (Wildman–Crippen MR) is 85.4 cm³/mol. The van der Waals surface area contributed by atoms with Crippen LogP contribution in [0.4, 0.5) is 13.2 Å². The van der Waals surface area contributed by atoms with Crippen LogP contribution < -0.4 is 5.73 Å². The molecule has 0 unspecified atom stereocenters. The van der Waals surface area contributed by atoms with E-state index < -0.39 is 11.7 Å². The highest BCUT2D eigenvalue weighted by Crippen LogP contribution is 2.36. The molecule has 1 fully saturated rings. The molecular formula is C17H22F3N3. The maximum atomic E-state index is 12.8. The fraction of sp³-hybridized carbons (Fsp3) is 0.529. The maximum absolute atomic E-state index is 12.8. The number of likely N-dealkylation sites (tertiary alicyclic amines) is 1. The lowest BCUT2D eigenvalue weighted by Gasteiger charge is -2.31. The second-order valence-corrected chi connectivity index (χ2v) is 6.26. The van der Waals surface area contributed by atoms with Crippen LogP contribution in [0.5, 0.6) is 0 Å². The van der Waals surface area contributed by atoms with E-state index in [2.05, 4.69) is 9.88 Å². The van der Waals surface area contributed by atoms with E-state index in [0.717, 1.165) is 49.8 Å².